The number of allylic oxidation sites excluding steroid dienone is 7. The third-order valence-corrected chi connectivity index (χ3v) is 10.5. The fraction of sp³-hybridized carbons (Fsp3) is 0.357. The second-order valence-corrected chi connectivity index (χ2v) is 14.4. The van der Waals surface area contributed by atoms with Crippen molar-refractivity contribution in [3.8, 4) is 5.75 Å². The van der Waals surface area contributed by atoms with Gasteiger partial charge in [-0.1, -0.05) is 56.3 Å². The van der Waals surface area contributed by atoms with Crippen molar-refractivity contribution in [3.05, 3.63) is 131 Å². The zero-order valence-electron chi connectivity index (χ0n) is 29.2. The highest BCUT2D eigenvalue weighted by Gasteiger charge is 2.42. The van der Waals surface area contributed by atoms with Crippen molar-refractivity contribution in [1.29, 1.82) is 0 Å². The standard InChI is InChI=1S/C42H50N3O/c1-29(2)43(7)32-23-25-33(26-24-32)46-40-30(21-27-38-41(3,4)34-17-10-12-19-36(34)44(38)8)15-14-16-31(40)22-28-39-42(5,6)35-18-11-13-20-37(35)45(39)9/h10-13,17-29H,14-16H2,1-9H3/q+1. The molecule has 4 heteroatoms. The molecule has 0 saturated carbocycles. The van der Waals surface area contributed by atoms with Crippen molar-refractivity contribution in [2.45, 2.75) is 77.7 Å². The Morgan fingerprint density at radius 2 is 1.50 bits per heavy atom. The highest BCUT2D eigenvalue weighted by Crippen LogP contribution is 2.47. The van der Waals surface area contributed by atoms with Crippen LogP contribution in [0.25, 0.3) is 0 Å². The van der Waals surface area contributed by atoms with E-state index in [9.17, 15) is 0 Å². The van der Waals surface area contributed by atoms with Gasteiger partial charge in [-0.25, -0.2) is 0 Å². The minimum atomic E-state index is -0.0763. The first kappa shape index (κ1) is 31.7. The molecule has 1 aliphatic carbocycles. The third-order valence-electron chi connectivity index (χ3n) is 10.5. The van der Waals surface area contributed by atoms with E-state index < -0.39 is 0 Å². The largest absolute Gasteiger partial charge is 0.457 e. The average Bonchev–Trinajstić information content (AvgIpc) is 3.36. The van der Waals surface area contributed by atoms with E-state index >= 15 is 0 Å². The molecule has 0 N–H and O–H groups in total. The van der Waals surface area contributed by atoms with Crippen molar-refractivity contribution in [2.24, 2.45) is 0 Å². The van der Waals surface area contributed by atoms with Crippen LogP contribution in [-0.4, -0.2) is 37.5 Å². The lowest BCUT2D eigenvalue weighted by Gasteiger charge is -2.26. The van der Waals surface area contributed by atoms with Crippen LogP contribution in [-0.2, 0) is 10.8 Å². The lowest BCUT2D eigenvalue weighted by Crippen LogP contribution is -2.26. The molecule has 3 aromatic rings. The Morgan fingerprint density at radius 1 is 0.826 bits per heavy atom. The van der Waals surface area contributed by atoms with Crippen LogP contribution in [0.15, 0.2) is 120 Å². The second kappa shape index (κ2) is 12.1. The second-order valence-electron chi connectivity index (χ2n) is 14.4. The third kappa shape index (κ3) is 5.53. The van der Waals surface area contributed by atoms with Crippen molar-refractivity contribution >= 4 is 22.8 Å². The van der Waals surface area contributed by atoms with Gasteiger partial charge in [0.1, 0.15) is 18.6 Å². The summed E-state index contributed by atoms with van der Waals surface area (Å²) in [5.74, 6) is 1.85. The Balaban J connectivity index is 1.41. The molecule has 0 spiro atoms. The maximum absolute atomic E-state index is 6.86. The van der Waals surface area contributed by atoms with Gasteiger partial charge in [0.15, 0.2) is 5.71 Å². The number of benzene rings is 3. The van der Waals surface area contributed by atoms with E-state index in [2.05, 4.69) is 174 Å². The van der Waals surface area contributed by atoms with Gasteiger partial charge in [0.2, 0.25) is 5.69 Å². The molecule has 0 fully saturated rings. The monoisotopic (exact) mass is 612 g/mol. The zero-order chi connectivity index (χ0) is 32.8. The predicted octanol–water partition coefficient (Wildman–Crippen LogP) is 9.85. The molecular weight excluding hydrogens is 562 g/mol. The van der Waals surface area contributed by atoms with Gasteiger partial charge in [-0.05, 0) is 106 Å². The molecule has 0 unspecified atom stereocenters. The average molecular weight is 613 g/mol. The van der Waals surface area contributed by atoms with E-state index in [0.717, 1.165) is 30.8 Å². The SMILES string of the molecule is CC(C)N(C)c1ccc(OC2=C(/C=C/C3=[N+](C)c4ccccc4C3(C)C)CCC/C2=C\C=C2\N(C)c3ccccc3C2(C)C)cc1. The number of rotatable bonds is 7. The van der Waals surface area contributed by atoms with Crippen LogP contribution in [0.1, 0.15) is 71.9 Å². The summed E-state index contributed by atoms with van der Waals surface area (Å²) in [7, 11) is 6.51. The predicted molar refractivity (Wildman–Crippen MR) is 195 cm³/mol. The number of para-hydroxylation sites is 2. The number of fused-ring (bicyclic) bond motifs is 2. The molecule has 0 bridgehead atoms. The molecular formula is C42H50N3O+. The zero-order valence-corrected chi connectivity index (χ0v) is 29.2. The molecule has 3 aliphatic rings. The minimum Gasteiger partial charge on any atom is -0.457 e. The summed E-state index contributed by atoms with van der Waals surface area (Å²) in [5, 5.41) is 0. The first-order valence-corrected chi connectivity index (χ1v) is 16.8. The maximum Gasteiger partial charge on any atom is 0.209 e. The summed E-state index contributed by atoms with van der Waals surface area (Å²) < 4.78 is 9.21. The van der Waals surface area contributed by atoms with E-state index in [1.165, 1.54) is 50.7 Å². The number of ether oxygens (including phenoxy) is 1. The summed E-state index contributed by atoms with van der Waals surface area (Å²) in [4.78, 5) is 4.62. The van der Waals surface area contributed by atoms with Crippen LogP contribution < -0.4 is 14.5 Å². The molecule has 0 atom stereocenters. The number of hydrogen-bond donors (Lipinski definition) is 0. The summed E-state index contributed by atoms with van der Waals surface area (Å²) >= 11 is 0. The van der Waals surface area contributed by atoms with E-state index in [1.54, 1.807) is 0 Å². The Kier molecular flexibility index (Phi) is 8.35. The van der Waals surface area contributed by atoms with Gasteiger partial charge in [-0.3, -0.25) is 0 Å². The summed E-state index contributed by atoms with van der Waals surface area (Å²) in [6.45, 7) is 13.7. The van der Waals surface area contributed by atoms with Gasteiger partial charge in [-0.15, -0.1) is 0 Å². The fourth-order valence-electron chi connectivity index (χ4n) is 7.48. The van der Waals surface area contributed by atoms with Crippen LogP contribution in [0, 0.1) is 0 Å². The molecule has 0 amide bonds. The van der Waals surface area contributed by atoms with Gasteiger partial charge in [0, 0.05) is 60.3 Å². The number of anilines is 2. The van der Waals surface area contributed by atoms with Crippen molar-refractivity contribution < 1.29 is 9.31 Å². The lowest BCUT2D eigenvalue weighted by atomic mass is 9.81. The number of nitrogens with zero attached hydrogens (tertiary/aromatic N) is 3. The normalized spacial score (nSPS) is 20.3. The van der Waals surface area contributed by atoms with Crippen LogP contribution in [0.5, 0.6) is 5.75 Å². The fourth-order valence-corrected chi connectivity index (χ4v) is 7.48. The van der Waals surface area contributed by atoms with Crippen molar-refractivity contribution in [1.82, 2.24) is 0 Å². The van der Waals surface area contributed by atoms with Crippen molar-refractivity contribution in [2.75, 3.05) is 30.9 Å². The Morgan fingerprint density at radius 3 is 2.17 bits per heavy atom. The molecule has 6 rings (SSSR count). The van der Waals surface area contributed by atoms with Crippen LogP contribution >= 0.6 is 0 Å². The Hall–Kier alpha value is -4.31. The maximum atomic E-state index is 6.86. The quantitative estimate of drug-likeness (QED) is 0.248. The van der Waals surface area contributed by atoms with Crippen LogP contribution in [0.4, 0.5) is 17.1 Å². The van der Waals surface area contributed by atoms with E-state index in [0.29, 0.717) is 6.04 Å². The van der Waals surface area contributed by atoms with Gasteiger partial charge < -0.3 is 14.5 Å². The van der Waals surface area contributed by atoms with Gasteiger partial charge in [0.25, 0.3) is 0 Å². The molecule has 0 saturated heterocycles. The van der Waals surface area contributed by atoms with E-state index in [1.807, 2.05) is 0 Å². The van der Waals surface area contributed by atoms with Gasteiger partial charge in [-0.2, -0.15) is 4.58 Å². The minimum absolute atomic E-state index is 0.0763. The molecule has 0 aromatic heterocycles. The van der Waals surface area contributed by atoms with Gasteiger partial charge in [0.05, 0.1) is 5.41 Å². The summed E-state index contributed by atoms with van der Waals surface area (Å²) in [6, 6.07) is 26.5. The lowest BCUT2D eigenvalue weighted by molar-refractivity contribution is -0.401. The Bertz CT molecular complexity index is 1800. The molecule has 46 heavy (non-hydrogen) atoms. The smallest absolute Gasteiger partial charge is 0.209 e. The molecule has 3 aromatic carbocycles. The summed E-state index contributed by atoms with van der Waals surface area (Å²) in [6.07, 6.45) is 12.3. The van der Waals surface area contributed by atoms with Crippen molar-refractivity contribution in [3.63, 3.8) is 0 Å². The van der Waals surface area contributed by atoms with Crippen LogP contribution in [0.3, 0.4) is 0 Å². The van der Waals surface area contributed by atoms with E-state index in [4.69, 9.17) is 4.74 Å². The molecule has 2 aliphatic heterocycles. The number of likely N-dealkylation sites (N-methyl/N-ethyl adjacent to an activating group) is 1. The first-order chi connectivity index (χ1) is 21.9. The van der Waals surface area contributed by atoms with Gasteiger partial charge >= 0.3 is 0 Å². The van der Waals surface area contributed by atoms with Crippen LogP contribution in [0.2, 0.25) is 0 Å². The van der Waals surface area contributed by atoms with E-state index in [-0.39, 0.29) is 10.8 Å². The Labute approximate surface area is 276 Å². The highest BCUT2D eigenvalue weighted by molar-refractivity contribution is 6.03. The topological polar surface area (TPSA) is 18.7 Å². The highest BCUT2D eigenvalue weighted by atomic mass is 16.5. The molecule has 238 valence electrons. The number of hydrogen-bond acceptors (Lipinski definition) is 3. The first-order valence-electron chi connectivity index (χ1n) is 16.8. The molecule has 0 radical (unpaired) electrons. The molecule has 2 heterocycles. The molecule has 4 nitrogen and oxygen atoms in total. The summed E-state index contributed by atoms with van der Waals surface area (Å²) in [5.41, 5.74) is 11.4.